The second-order valence-electron chi connectivity index (χ2n) is 5.88. The summed E-state index contributed by atoms with van der Waals surface area (Å²) in [5.74, 6) is 0.408. The maximum absolute atomic E-state index is 12.5. The fraction of sp³-hybridized carbons (Fsp3) is 0.250. The van der Waals surface area contributed by atoms with E-state index in [1.807, 2.05) is 49.4 Å². The number of thiazole rings is 1. The number of amides is 1. The standard InChI is InChI=1S/C20H21N3OS/c1-3-4-10-18-22-14(2)19(25-18)20(24)23-17-12-11-16(13-21-17)15-8-6-5-7-9-15/h5-9,11-13H,3-4,10H2,1-2H3,(H,21,23,24). The molecule has 0 aliphatic rings. The molecule has 128 valence electrons. The maximum Gasteiger partial charge on any atom is 0.268 e. The number of aromatic nitrogens is 2. The highest BCUT2D eigenvalue weighted by atomic mass is 32.1. The van der Waals surface area contributed by atoms with Gasteiger partial charge in [-0.05, 0) is 37.5 Å². The Labute approximate surface area is 152 Å². The van der Waals surface area contributed by atoms with Gasteiger partial charge in [-0.15, -0.1) is 11.3 Å². The lowest BCUT2D eigenvalue weighted by Gasteiger charge is -2.05. The van der Waals surface area contributed by atoms with Crippen LogP contribution in [-0.4, -0.2) is 15.9 Å². The van der Waals surface area contributed by atoms with Crippen LogP contribution in [0.5, 0.6) is 0 Å². The van der Waals surface area contributed by atoms with Crippen LogP contribution in [0.4, 0.5) is 5.82 Å². The van der Waals surface area contributed by atoms with Gasteiger partial charge in [-0.3, -0.25) is 4.79 Å². The number of nitrogens with zero attached hydrogens (tertiary/aromatic N) is 2. The van der Waals surface area contributed by atoms with E-state index in [-0.39, 0.29) is 5.91 Å². The number of unbranched alkanes of at least 4 members (excludes halogenated alkanes) is 1. The molecule has 2 aromatic heterocycles. The Hall–Kier alpha value is -2.53. The molecule has 2 heterocycles. The molecular weight excluding hydrogens is 330 g/mol. The lowest BCUT2D eigenvalue weighted by Crippen LogP contribution is -2.12. The molecule has 1 aromatic carbocycles. The van der Waals surface area contributed by atoms with Crippen LogP contribution in [-0.2, 0) is 6.42 Å². The molecule has 0 unspecified atom stereocenters. The van der Waals surface area contributed by atoms with Gasteiger partial charge < -0.3 is 5.32 Å². The van der Waals surface area contributed by atoms with Crippen molar-refractivity contribution in [2.45, 2.75) is 33.1 Å². The van der Waals surface area contributed by atoms with Crippen LogP contribution in [0.2, 0.25) is 0 Å². The molecule has 5 heteroatoms. The van der Waals surface area contributed by atoms with E-state index in [1.165, 1.54) is 11.3 Å². The summed E-state index contributed by atoms with van der Waals surface area (Å²) in [6.07, 6.45) is 4.92. The summed E-state index contributed by atoms with van der Waals surface area (Å²) in [6, 6.07) is 13.8. The van der Waals surface area contributed by atoms with Crippen LogP contribution in [0.1, 0.15) is 40.1 Å². The van der Waals surface area contributed by atoms with Crippen molar-refractivity contribution in [3.05, 3.63) is 64.2 Å². The van der Waals surface area contributed by atoms with Gasteiger partial charge >= 0.3 is 0 Å². The zero-order valence-electron chi connectivity index (χ0n) is 14.5. The van der Waals surface area contributed by atoms with Gasteiger partial charge in [0.2, 0.25) is 0 Å². The van der Waals surface area contributed by atoms with Crippen LogP contribution in [0.3, 0.4) is 0 Å². The lowest BCUT2D eigenvalue weighted by atomic mass is 10.1. The van der Waals surface area contributed by atoms with E-state index < -0.39 is 0 Å². The fourth-order valence-electron chi connectivity index (χ4n) is 2.54. The molecule has 3 rings (SSSR count). The van der Waals surface area contributed by atoms with Crippen LogP contribution in [0, 0.1) is 6.92 Å². The summed E-state index contributed by atoms with van der Waals surface area (Å²) in [5, 5.41) is 3.89. The minimum atomic E-state index is -0.141. The van der Waals surface area contributed by atoms with Crippen molar-refractivity contribution in [3.8, 4) is 11.1 Å². The number of aryl methyl sites for hydroxylation is 2. The molecule has 0 fully saturated rings. The number of anilines is 1. The average Bonchev–Trinajstić information content (AvgIpc) is 3.02. The third-order valence-corrected chi connectivity index (χ3v) is 5.12. The summed E-state index contributed by atoms with van der Waals surface area (Å²) in [4.78, 5) is 22.0. The molecule has 0 bridgehead atoms. The van der Waals surface area contributed by atoms with Crippen LogP contribution < -0.4 is 5.32 Å². The zero-order chi connectivity index (χ0) is 17.6. The van der Waals surface area contributed by atoms with Gasteiger partial charge in [0.1, 0.15) is 10.7 Å². The van der Waals surface area contributed by atoms with E-state index in [4.69, 9.17) is 0 Å². The monoisotopic (exact) mass is 351 g/mol. The molecule has 25 heavy (non-hydrogen) atoms. The largest absolute Gasteiger partial charge is 0.306 e. The minimum Gasteiger partial charge on any atom is -0.306 e. The maximum atomic E-state index is 12.5. The summed E-state index contributed by atoms with van der Waals surface area (Å²) in [5.41, 5.74) is 2.91. The predicted molar refractivity (Wildman–Crippen MR) is 103 cm³/mol. The van der Waals surface area contributed by atoms with Gasteiger partial charge in [0.05, 0.1) is 10.7 Å². The lowest BCUT2D eigenvalue weighted by molar-refractivity contribution is 0.102. The molecule has 0 saturated carbocycles. The SMILES string of the molecule is CCCCc1nc(C)c(C(=O)Nc2ccc(-c3ccccc3)cn2)s1. The van der Waals surface area contributed by atoms with E-state index in [0.29, 0.717) is 10.7 Å². The van der Waals surface area contributed by atoms with Crippen molar-refractivity contribution in [1.82, 2.24) is 9.97 Å². The molecule has 1 N–H and O–H groups in total. The van der Waals surface area contributed by atoms with Gasteiger partial charge in [0.15, 0.2) is 0 Å². The number of hydrogen-bond donors (Lipinski definition) is 1. The van der Waals surface area contributed by atoms with Gasteiger partial charge in [0, 0.05) is 11.8 Å². The Bertz CT molecular complexity index is 841. The minimum absolute atomic E-state index is 0.141. The van der Waals surface area contributed by atoms with Crippen molar-refractivity contribution in [3.63, 3.8) is 0 Å². The van der Waals surface area contributed by atoms with E-state index in [2.05, 4.69) is 22.2 Å². The summed E-state index contributed by atoms with van der Waals surface area (Å²) in [7, 11) is 0. The Morgan fingerprint density at radius 1 is 1.12 bits per heavy atom. The van der Waals surface area contributed by atoms with Crippen molar-refractivity contribution in [1.29, 1.82) is 0 Å². The second kappa shape index (κ2) is 8.03. The molecule has 3 aromatic rings. The molecular formula is C20H21N3OS. The molecule has 0 atom stereocenters. The summed E-state index contributed by atoms with van der Waals surface area (Å²) in [6.45, 7) is 4.03. The van der Waals surface area contributed by atoms with Crippen molar-refractivity contribution >= 4 is 23.1 Å². The van der Waals surface area contributed by atoms with Gasteiger partial charge in [-0.1, -0.05) is 43.7 Å². The molecule has 1 amide bonds. The molecule has 0 radical (unpaired) electrons. The Kier molecular flexibility index (Phi) is 5.56. The number of carbonyl (C=O) groups is 1. The second-order valence-corrected chi connectivity index (χ2v) is 6.96. The number of pyridine rings is 1. The Morgan fingerprint density at radius 2 is 1.92 bits per heavy atom. The number of rotatable bonds is 6. The van der Waals surface area contributed by atoms with Crippen LogP contribution in [0.15, 0.2) is 48.7 Å². The van der Waals surface area contributed by atoms with Crippen LogP contribution >= 0.6 is 11.3 Å². The quantitative estimate of drug-likeness (QED) is 0.671. The van der Waals surface area contributed by atoms with E-state index >= 15 is 0 Å². The average molecular weight is 351 g/mol. The molecule has 0 saturated heterocycles. The van der Waals surface area contributed by atoms with Gasteiger partial charge in [-0.2, -0.15) is 0 Å². The Balaban J connectivity index is 1.70. The van der Waals surface area contributed by atoms with E-state index in [0.717, 1.165) is 41.1 Å². The number of benzene rings is 1. The van der Waals surface area contributed by atoms with Gasteiger partial charge in [0.25, 0.3) is 5.91 Å². The Morgan fingerprint density at radius 3 is 2.60 bits per heavy atom. The first-order valence-electron chi connectivity index (χ1n) is 8.46. The molecule has 0 spiro atoms. The van der Waals surface area contributed by atoms with E-state index in [1.54, 1.807) is 6.20 Å². The highest BCUT2D eigenvalue weighted by Crippen LogP contribution is 2.22. The van der Waals surface area contributed by atoms with Crippen LogP contribution in [0.25, 0.3) is 11.1 Å². The number of carbonyl (C=O) groups excluding carboxylic acids is 1. The first-order valence-corrected chi connectivity index (χ1v) is 9.28. The normalized spacial score (nSPS) is 10.6. The third-order valence-electron chi connectivity index (χ3n) is 3.90. The summed E-state index contributed by atoms with van der Waals surface area (Å²) < 4.78 is 0. The van der Waals surface area contributed by atoms with Crippen molar-refractivity contribution in [2.24, 2.45) is 0 Å². The topological polar surface area (TPSA) is 54.9 Å². The molecule has 0 aliphatic carbocycles. The number of nitrogens with one attached hydrogen (secondary N) is 1. The highest BCUT2D eigenvalue weighted by Gasteiger charge is 2.15. The van der Waals surface area contributed by atoms with Gasteiger partial charge in [-0.25, -0.2) is 9.97 Å². The first-order chi connectivity index (χ1) is 12.2. The number of hydrogen-bond acceptors (Lipinski definition) is 4. The van der Waals surface area contributed by atoms with Crippen molar-refractivity contribution < 1.29 is 4.79 Å². The van der Waals surface area contributed by atoms with Crippen molar-refractivity contribution in [2.75, 3.05) is 5.32 Å². The molecule has 0 aliphatic heterocycles. The third kappa shape index (κ3) is 4.31. The predicted octanol–water partition coefficient (Wildman–Crippen LogP) is 5.11. The van der Waals surface area contributed by atoms with E-state index in [9.17, 15) is 4.79 Å². The first kappa shape index (κ1) is 17.3. The smallest absolute Gasteiger partial charge is 0.268 e. The fourth-order valence-corrected chi connectivity index (χ4v) is 3.54. The highest BCUT2D eigenvalue weighted by molar-refractivity contribution is 7.13. The molecule has 4 nitrogen and oxygen atoms in total. The summed E-state index contributed by atoms with van der Waals surface area (Å²) >= 11 is 1.48. The zero-order valence-corrected chi connectivity index (χ0v) is 15.3.